The number of rotatable bonds is 4. The first kappa shape index (κ1) is 12.1. The topological polar surface area (TPSA) is 41.6 Å². The van der Waals surface area contributed by atoms with Crippen molar-refractivity contribution in [2.75, 3.05) is 20.1 Å². The van der Waals surface area contributed by atoms with E-state index < -0.39 is 0 Å². The Kier molecular flexibility index (Phi) is 4.12. The molecule has 1 aromatic carbocycles. The summed E-state index contributed by atoms with van der Waals surface area (Å²) < 4.78 is 0. The summed E-state index contributed by atoms with van der Waals surface area (Å²) in [5.74, 6) is -0.328. The van der Waals surface area contributed by atoms with Crippen molar-refractivity contribution in [3.63, 3.8) is 0 Å². The highest BCUT2D eigenvalue weighted by Gasteiger charge is 2.20. The van der Waals surface area contributed by atoms with Crippen molar-refractivity contribution < 1.29 is 9.63 Å². The van der Waals surface area contributed by atoms with Crippen LogP contribution in [0.25, 0.3) is 0 Å². The highest BCUT2D eigenvalue weighted by molar-refractivity contribution is 5.89. The Balaban J connectivity index is 1.74. The van der Waals surface area contributed by atoms with E-state index in [1.54, 1.807) is 12.1 Å². The molecule has 0 saturated carbocycles. The van der Waals surface area contributed by atoms with Gasteiger partial charge in [0.1, 0.15) is 0 Å². The lowest BCUT2D eigenvalue weighted by atomic mass is 10.2. The number of hydrogen-bond acceptors (Lipinski definition) is 4. The van der Waals surface area contributed by atoms with Crippen LogP contribution in [-0.2, 0) is 4.84 Å². The monoisotopic (exact) mass is 234 g/mol. The number of likely N-dealkylation sites (N-methyl/N-ethyl adjacent to an activating group) is 1. The normalized spacial score (nSPS) is 20.4. The standard InChI is InChI=1S/C13H18N2O2/c1-15-9-5-8-12(15)10-14-17-13(16)11-6-3-2-4-7-11/h2-4,6-7,12,14H,5,8-10H2,1H3/t12-/m0/s1. The van der Waals surface area contributed by atoms with Crippen molar-refractivity contribution >= 4 is 5.97 Å². The Morgan fingerprint density at radius 1 is 1.47 bits per heavy atom. The smallest absolute Gasteiger partial charge is 0.356 e. The van der Waals surface area contributed by atoms with E-state index in [0.717, 1.165) is 13.0 Å². The van der Waals surface area contributed by atoms with Crippen molar-refractivity contribution in [2.24, 2.45) is 0 Å². The van der Waals surface area contributed by atoms with Crippen molar-refractivity contribution in [1.82, 2.24) is 10.4 Å². The fourth-order valence-corrected chi connectivity index (χ4v) is 2.07. The fourth-order valence-electron chi connectivity index (χ4n) is 2.07. The Labute approximate surface area is 102 Å². The van der Waals surface area contributed by atoms with Gasteiger partial charge in [-0.2, -0.15) is 5.48 Å². The summed E-state index contributed by atoms with van der Waals surface area (Å²) in [6.45, 7) is 1.81. The van der Waals surface area contributed by atoms with Gasteiger partial charge in [0, 0.05) is 12.6 Å². The average Bonchev–Trinajstić information content (AvgIpc) is 2.76. The van der Waals surface area contributed by atoms with E-state index in [0.29, 0.717) is 18.2 Å². The van der Waals surface area contributed by atoms with E-state index in [4.69, 9.17) is 4.84 Å². The first-order valence-electron chi connectivity index (χ1n) is 5.96. The molecule has 0 spiro atoms. The van der Waals surface area contributed by atoms with Crippen molar-refractivity contribution in [3.8, 4) is 0 Å². The molecular weight excluding hydrogens is 216 g/mol. The lowest BCUT2D eigenvalue weighted by Crippen LogP contribution is -2.36. The fraction of sp³-hybridized carbons (Fsp3) is 0.462. The van der Waals surface area contributed by atoms with Gasteiger partial charge < -0.3 is 9.74 Å². The third-order valence-electron chi connectivity index (χ3n) is 3.16. The molecule has 1 saturated heterocycles. The number of nitrogens with one attached hydrogen (secondary N) is 1. The van der Waals surface area contributed by atoms with Crippen LogP contribution in [0.2, 0.25) is 0 Å². The van der Waals surface area contributed by atoms with Gasteiger partial charge in [0.2, 0.25) is 0 Å². The maximum Gasteiger partial charge on any atom is 0.356 e. The Morgan fingerprint density at radius 3 is 2.88 bits per heavy atom. The summed E-state index contributed by atoms with van der Waals surface area (Å²) in [5, 5.41) is 0. The molecular formula is C13H18N2O2. The molecule has 0 bridgehead atoms. The van der Waals surface area contributed by atoms with Crippen molar-refractivity contribution in [3.05, 3.63) is 35.9 Å². The summed E-state index contributed by atoms with van der Waals surface area (Å²) in [7, 11) is 2.10. The molecule has 4 nitrogen and oxygen atoms in total. The Bertz CT molecular complexity index is 367. The van der Waals surface area contributed by atoms with Crippen molar-refractivity contribution in [1.29, 1.82) is 0 Å². The highest BCUT2D eigenvalue weighted by atomic mass is 16.7. The third-order valence-corrected chi connectivity index (χ3v) is 3.16. The average molecular weight is 234 g/mol. The van der Waals surface area contributed by atoms with E-state index in [1.807, 2.05) is 18.2 Å². The van der Waals surface area contributed by atoms with Crippen LogP contribution >= 0.6 is 0 Å². The number of carbonyl (C=O) groups excluding carboxylic acids is 1. The highest BCUT2D eigenvalue weighted by Crippen LogP contribution is 2.13. The van der Waals surface area contributed by atoms with Gasteiger partial charge in [0.05, 0.1) is 5.56 Å². The minimum Gasteiger partial charge on any atom is -0.367 e. The summed E-state index contributed by atoms with van der Waals surface area (Å²) in [6.07, 6.45) is 2.38. The lowest BCUT2D eigenvalue weighted by Gasteiger charge is -2.19. The van der Waals surface area contributed by atoms with Gasteiger partial charge in [-0.25, -0.2) is 4.79 Å². The molecule has 0 unspecified atom stereocenters. The molecule has 0 aliphatic carbocycles. The predicted molar refractivity (Wildman–Crippen MR) is 65.5 cm³/mol. The van der Waals surface area contributed by atoms with E-state index in [9.17, 15) is 4.79 Å². The Morgan fingerprint density at radius 2 is 2.24 bits per heavy atom. The first-order chi connectivity index (χ1) is 8.27. The van der Waals surface area contributed by atoms with E-state index >= 15 is 0 Å². The first-order valence-corrected chi connectivity index (χ1v) is 5.96. The van der Waals surface area contributed by atoms with Crippen LogP contribution in [0.15, 0.2) is 30.3 Å². The second-order valence-corrected chi connectivity index (χ2v) is 4.38. The maximum absolute atomic E-state index is 11.6. The second-order valence-electron chi connectivity index (χ2n) is 4.38. The van der Waals surface area contributed by atoms with Crippen LogP contribution in [-0.4, -0.2) is 37.0 Å². The number of hydroxylamine groups is 1. The summed E-state index contributed by atoms with van der Waals surface area (Å²) in [6, 6.07) is 9.47. The number of benzene rings is 1. The third kappa shape index (κ3) is 3.28. The van der Waals surface area contributed by atoms with E-state index in [1.165, 1.54) is 6.42 Å². The molecule has 1 aromatic rings. The summed E-state index contributed by atoms with van der Waals surface area (Å²) in [4.78, 5) is 18.9. The molecule has 0 radical (unpaired) electrons. The van der Waals surface area contributed by atoms with E-state index in [2.05, 4.69) is 17.4 Å². The lowest BCUT2D eigenvalue weighted by molar-refractivity contribution is 0.0213. The van der Waals surface area contributed by atoms with Gasteiger partial charge in [-0.15, -0.1) is 0 Å². The largest absolute Gasteiger partial charge is 0.367 e. The molecule has 2 rings (SSSR count). The van der Waals surface area contributed by atoms with Crippen LogP contribution in [0.4, 0.5) is 0 Å². The van der Waals surface area contributed by atoms with Gasteiger partial charge in [0.25, 0.3) is 0 Å². The zero-order chi connectivity index (χ0) is 12.1. The molecule has 0 amide bonds. The second kappa shape index (κ2) is 5.80. The number of hydrogen-bond donors (Lipinski definition) is 1. The molecule has 4 heteroatoms. The molecule has 1 heterocycles. The SMILES string of the molecule is CN1CCC[C@H]1CNOC(=O)c1ccccc1. The van der Waals surface area contributed by atoms with Gasteiger partial charge in [-0.05, 0) is 38.6 Å². The van der Waals surface area contributed by atoms with Crippen LogP contribution < -0.4 is 5.48 Å². The van der Waals surface area contributed by atoms with Gasteiger partial charge in [0.15, 0.2) is 0 Å². The maximum atomic E-state index is 11.6. The number of carbonyl (C=O) groups is 1. The van der Waals surface area contributed by atoms with Crippen LogP contribution in [0, 0.1) is 0 Å². The molecule has 1 atom stereocenters. The zero-order valence-electron chi connectivity index (χ0n) is 10.1. The quantitative estimate of drug-likeness (QED) is 0.800. The molecule has 1 fully saturated rings. The molecule has 17 heavy (non-hydrogen) atoms. The Hall–Kier alpha value is -1.39. The van der Waals surface area contributed by atoms with Gasteiger partial charge >= 0.3 is 5.97 Å². The number of nitrogens with zero attached hydrogens (tertiary/aromatic N) is 1. The zero-order valence-corrected chi connectivity index (χ0v) is 10.1. The molecule has 0 aromatic heterocycles. The van der Waals surface area contributed by atoms with Crippen molar-refractivity contribution in [2.45, 2.75) is 18.9 Å². The van der Waals surface area contributed by atoms with Gasteiger partial charge in [-0.3, -0.25) is 0 Å². The molecule has 1 N–H and O–H groups in total. The minimum absolute atomic E-state index is 0.328. The molecule has 1 aliphatic heterocycles. The van der Waals surface area contributed by atoms with Crippen LogP contribution in [0.5, 0.6) is 0 Å². The van der Waals surface area contributed by atoms with E-state index in [-0.39, 0.29) is 5.97 Å². The minimum atomic E-state index is -0.328. The van der Waals surface area contributed by atoms with Gasteiger partial charge in [-0.1, -0.05) is 18.2 Å². The number of likely N-dealkylation sites (tertiary alicyclic amines) is 1. The predicted octanol–water partition coefficient (Wildman–Crippen LogP) is 1.44. The molecule has 92 valence electrons. The summed E-state index contributed by atoms with van der Waals surface area (Å²) in [5.41, 5.74) is 3.33. The van der Waals surface area contributed by atoms with Crippen LogP contribution in [0.1, 0.15) is 23.2 Å². The summed E-state index contributed by atoms with van der Waals surface area (Å²) >= 11 is 0. The molecule has 1 aliphatic rings. The van der Waals surface area contributed by atoms with Crippen LogP contribution in [0.3, 0.4) is 0 Å².